The molecule has 4 aromatic rings. The van der Waals surface area contributed by atoms with Gasteiger partial charge in [0.2, 0.25) is 5.95 Å². The highest BCUT2D eigenvalue weighted by molar-refractivity contribution is 6.04. The number of hydrogen-bond acceptors (Lipinski definition) is 7. The summed E-state index contributed by atoms with van der Waals surface area (Å²) in [5.41, 5.74) is 2.42. The molecule has 9 heteroatoms. The molecule has 1 fully saturated rings. The van der Waals surface area contributed by atoms with Gasteiger partial charge < -0.3 is 20.3 Å². The number of nitrogens with one attached hydrogen (secondary N) is 3. The first-order chi connectivity index (χ1) is 16.7. The van der Waals surface area contributed by atoms with Crippen LogP contribution in [0.3, 0.4) is 0 Å². The summed E-state index contributed by atoms with van der Waals surface area (Å²) in [4.78, 5) is 24.1. The van der Waals surface area contributed by atoms with Crippen LogP contribution in [-0.2, 0) is 13.1 Å². The first-order valence-electron chi connectivity index (χ1n) is 11.3. The summed E-state index contributed by atoms with van der Waals surface area (Å²) in [6.45, 7) is 1.23. The maximum atomic E-state index is 13.0. The maximum Gasteiger partial charge on any atom is 0.257 e. The summed E-state index contributed by atoms with van der Waals surface area (Å²) in [5.74, 6) is 3.08. The van der Waals surface area contributed by atoms with E-state index in [1.807, 2.05) is 42.5 Å². The Hall–Kier alpha value is -4.40. The van der Waals surface area contributed by atoms with Crippen LogP contribution >= 0.6 is 0 Å². The van der Waals surface area contributed by atoms with Gasteiger partial charge in [0.15, 0.2) is 5.82 Å². The normalized spacial score (nSPS) is 14.5. The van der Waals surface area contributed by atoms with Gasteiger partial charge in [-0.3, -0.25) is 9.89 Å². The maximum absolute atomic E-state index is 13.0. The smallest absolute Gasteiger partial charge is 0.257 e. The number of amides is 1. The highest BCUT2D eigenvalue weighted by atomic mass is 16.5. The zero-order valence-corrected chi connectivity index (χ0v) is 18.4. The lowest BCUT2D eigenvalue weighted by Crippen LogP contribution is -2.19. The Morgan fingerprint density at radius 1 is 1.03 bits per heavy atom. The number of carbonyl (C=O) groups excluding carboxylic acids is 1. The van der Waals surface area contributed by atoms with E-state index in [0.29, 0.717) is 48.0 Å². The molecule has 0 radical (unpaired) electrons. The molecule has 1 saturated carbocycles. The minimum Gasteiger partial charge on any atom is -0.457 e. The predicted octanol–water partition coefficient (Wildman–Crippen LogP) is 4.34. The molecule has 0 unspecified atom stereocenters. The Bertz CT molecular complexity index is 1330. The van der Waals surface area contributed by atoms with Crippen LogP contribution in [0.15, 0.2) is 66.9 Å². The Morgan fingerprint density at radius 3 is 2.74 bits per heavy atom. The van der Waals surface area contributed by atoms with Gasteiger partial charge in [0, 0.05) is 23.4 Å². The molecular weight excluding hydrogens is 430 g/mol. The molecule has 6 rings (SSSR count). The van der Waals surface area contributed by atoms with E-state index < -0.39 is 0 Å². The second-order valence-corrected chi connectivity index (χ2v) is 8.44. The van der Waals surface area contributed by atoms with Gasteiger partial charge in [-0.05, 0) is 49.2 Å². The Kier molecular flexibility index (Phi) is 5.06. The molecule has 3 heterocycles. The molecular formula is C25H23N7O2. The minimum absolute atomic E-state index is 0.246. The standard InChI is InChI=1S/C25H23N7O2/c33-24(16-5-4-8-19(13-16)34-18-6-2-1-3-7-18)29-23-20-14-32(15-21(20)30-31-23)22-11-12-26-25(28-22)27-17-9-10-17/h1-8,11-13,17H,9-10,14-15H2,(H,26,27,28)(H2,29,30,31,33). The first-order valence-corrected chi connectivity index (χ1v) is 11.3. The van der Waals surface area contributed by atoms with Crippen molar-refractivity contribution in [3.8, 4) is 11.5 Å². The van der Waals surface area contributed by atoms with E-state index in [9.17, 15) is 4.79 Å². The summed E-state index contributed by atoms with van der Waals surface area (Å²) >= 11 is 0. The molecule has 9 nitrogen and oxygen atoms in total. The van der Waals surface area contributed by atoms with E-state index >= 15 is 0 Å². The molecule has 170 valence electrons. The average Bonchev–Trinajstić information content (AvgIpc) is 3.44. The van der Waals surface area contributed by atoms with E-state index in [1.165, 1.54) is 0 Å². The Balaban J connectivity index is 1.14. The molecule has 1 aliphatic carbocycles. The monoisotopic (exact) mass is 453 g/mol. The highest BCUT2D eigenvalue weighted by Gasteiger charge is 2.28. The van der Waals surface area contributed by atoms with E-state index in [1.54, 1.807) is 24.4 Å². The Labute approximate surface area is 196 Å². The zero-order valence-electron chi connectivity index (χ0n) is 18.4. The van der Waals surface area contributed by atoms with Crippen molar-refractivity contribution in [3.05, 3.63) is 83.7 Å². The topological polar surface area (TPSA) is 108 Å². The van der Waals surface area contributed by atoms with E-state index in [4.69, 9.17) is 4.74 Å². The number of benzene rings is 2. The van der Waals surface area contributed by atoms with Gasteiger partial charge in [-0.25, -0.2) is 4.98 Å². The fourth-order valence-corrected chi connectivity index (χ4v) is 3.92. The summed E-state index contributed by atoms with van der Waals surface area (Å²) in [5, 5.41) is 13.7. The number of hydrogen-bond donors (Lipinski definition) is 3. The SMILES string of the molecule is O=C(Nc1n[nH]c2c1CN(c1ccnc(NC3CC3)n1)C2)c1cccc(Oc2ccccc2)c1. The zero-order chi connectivity index (χ0) is 22.9. The third kappa shape index (κ3) is 4.27. The minimum atomic E-state index is -0.246. The van der Waals surface area contributed by atoms with Crippen LogP contribution in [0.25, 0.3) is 0 Å². The van der Waals surface area contributed by atoms with Crippen molar-refractivity contribution in [1.82, 2.24) is 20.2 Å². The number of para-hydroxylation sites is 1. The van der Waals surface area contributed by atoms with Gasteiger partial charge in [0.1, 0.15) is 17.3 Å². The number of aromatic amines is 1. The van der Waals surface area contributed by atoms with Gasteiger partial charge in [0.05, 0.1) is 18.8 Å². The second-order valence-electron chi connectivity index (χ2n) is 8.44. The number of carbonyl (C=O) groups is 1. The van der Waals surface area contributed by atoms with E-state index in [-0.39, 0.29) is 5.91 Å². The summed E-state index contributed by atoms with van der Waals surface area (Å²) < 4.78 is 5.85. The summed E-state index contributed by atoms with van der Waals surface area (Å²) in [7, 11) is 0. The van der Waals surface area contributed by atoms with Gasteiger partial charge >= 0.3 is 0 Å². The van der Waals surface area contributed by atoms with Crippen LogP contribution < -0.4 is 20.3 Å². The van der Waals surface area contributed by atoms with Gasteiger partial charge in [-0.2, -0.15) is 10.1 Å². The third-order valence-electron chi connectivity index (χ3n) is 5.83. The van der Waals surface area contributed by atoms with E-state index in [2.05, 4.69) is 35.7 Å². The molecule has 2 aromatic carbocycles. The van der Waals surface area contributed by atoms with Gasteiger partial charge in [-0.15, -0.1) is 0 Å². The third-order valence-corrected chi connectivity index (χ3v) is 5.83. The first kappa shape index (κ1) is 20.2. The van der Waals surface area contributed by atoms with Crippen LogP contribution in [0.2, 0.25) is 0 Å². The molecule has 0 bridgehead atoms. The van der Waals surface area contributed by atoms with Crippen molar-refractivity contribution in [1.29, 1.82) is 0 Å². The lowest BCUT2D eigenvalue weighted by Gasteiger charge is -2.17. The molecule has 0 atom stereocenters. The van der Waals surface area contributed by atoms with Gasteiger partial charge in [-0.1, -0.05) is 24.3 Å². The number of aromatic nitrogens is 4. The van der Waals surface area contributed by atoms with Crippen LogP contribution in [0.1, 0.15) is 34.5 Å². The van der Waals surface area contributed by atoms with Crippen molar-refractivity contribution in [2.75, 3.05) is 15.5 Å². The molecule has 0 saturated heterocycles. The quantitative estimate of drug-likeness (QED) is 0.382. The highest BCUT2D eigenvalue weighted by Crippen LogP contribution is 2.31. The van der Waals surface area contributed by atoms with Crippen LogP contribution in [0.5, 0.6) is 11.5 Å². The summed E-state index contributed by atoms with van der Waals surface area (Å²) in [6.07, 6.45) is 4.10. The fourth-order valence-electron chi connectivity index (χ4n) is 3.92. The van der Waals surface area contributed by atoms with Crippen molar-refractivity contribution < 1.29 is 9.53 Å². The molecule has 1 aliphatic heterocycles. The molecule has 2 aromatic heterocycles. The van der Waals surface area contributed by atoms with E-state index in [0.717, 1.165) is 29.9 Å². The van der Waals surface area contributed by atoms with Crippen molar-refractivity contribution in [2.45, 2.75) is 32.0 Å². The second kappa shape index (κ2) is 8.51. The van der Waals surface area contributed by atoms with Crippen LogP contribution in [0, 0.1) is 0 Å². The number of rotatable bonds is 7. The molecule has 1 amide bonds. The largest absolute Gasteiger partial charge is 0.457 e. The molecule has 34 heavy (non-hydrogen) atoms. The number of anilines is 3. The number of fused-ring (bicyclic) bond motifs is 1. The van der Waals surface area contributed by atoms with Crippen LogP contribution in [0.4, 0.5) is 17.6 Å². The average molecular weight is 454 g/mol. The molecule has 3 N–H and O–H groups in total. The van der Waals surface area contributed by atoms with Gasteiger partial charge in [0.25, 0.3) is 5.91 Å². The predicted molar refractivity (Wildman–Crippen MR) is 128 cm³/mol. The number of nitrogens with zero attached hydrogens (tertiary/aromatic N) is 4. The Morgan fingerprint density at radius 2 is 1.88 bits per heavy atom. The van der Waals surface area contributed by atoms with Crippen molar-refractivity contribution in [2.24, 2.45) is 0 Å². The van der Waals surface area contributed by atoms with Crippen molar-refractivity contribution >= 4 is 23.5 Å². The lowest BCUT2D eigenvalue weighted by molar-refractivity contribution is 0.102. The molecule has 0 spiro atoms. The summed E-state index contributed by atoms with van der Waals surface area (Å²) in [6, 6.07) is 18.9. The number of H-pyrrole nitrogens is 1. The molecule has 2 aliphatic rings. The van der Waals surface area contributed by atoms with Crippen molar-refractivity contribution in [3.63, 3.8) is 0 Å². The fraction of sp³-hybridized carbons (Fsp3) is 0.200. The lowest BCUT2D eigenvalue weighted by atomic mass is 10.2. The number of ether oxygens (including phenoxy) is 1. The van der Waals surface area contributed by atoms with Crippen LogP contribution in [-0.4, -0.2) is 32.1 Å².